The van der Waals surface area contributed by atoms with Gasteiger partial charge < -0.3 is 14.2 Å². The van der Waals surface area contributed by atoms with Crippen molar-refractivity contribution >= 4 is 34.5 Å². The Hall–Kier alpha value is -2.31. The number of hydrogen-bond donors (Lipinski definition) is 0. The number of halogens is 1. The van der Waals surface area contributed by atoms with Crippen molar-refractivity contribution in [2.45, 2.75) is 6.42 Å². The van der Waals surface area contributed by atoms with E-state index in [-0.39, 0.29) is 5.91 Å². The van der Waals surface area contributed by atoms with Crippen molar-refractivity contribution in [1.29, 1.82) is 0 Å². The summed E-state index contributed by atoms with van der Waals surface area (Å²) in [5, 5.41) is 3.48. The second kappa shape index (κ2) is 7.51. The molecule has 5 nitrogen and oxygen atoms in total. The number of rotatable bonds is 4. The maximum atomic E-state index is 12.6. The summed E-state index contributed by atoms with van der Waals surface area (Å²) in [6.45, 7) is 3.08. The average molecular weight is 388 g/mol. The highest BCUT2D eigenvalue weighted by Gasteiger charge is 2.22. The van der Waals surface area contributed by atoms with E-state index in [0.29, 0.717) is 6.42 Å². The number of furan rings is 1. The summed E-state index contributed by atoms with van der Waals surface area (Å²) in [6, 6.07) is 11.5. The quantitative estimate of drug-likeness (QED) is 0.680. The van der Waals surface area contributed by atoms with Gasteiger partial charge in [0.2, 0.25) is 5.91 Å². The Morgan fingerprint density at radius 2 is 1.92 bits per heavy atom. The number of anilines is 1. The molecule has 0 spiro atoms. The van der Waals surface area contributed by atoms with Crippen LogP contribution in [0.5, 0.6) is 0 Å². The third kappa shape index (κ3) is 3.76. The van der Waals surface area contributed by atoms with Crippen LogP contribution in [0.2, 0.25) is 5.02 Å². The summed E-state index contributed by atoms with van der Waals surface area (Å²) in [4.78, 5) is 21.3. The monoisotopic (exact) mass is 387 g/mol. The van der Waals surface area contributed by atoms with Crippen LogP contribution in [0.4, 0.5) is 5.69 Å². The lowest BCUT2D eigenvalue weighted by Gasteiger charge is -2.36. The zero-order chi connectivity index (χ0) is 17.9. The van der Waals surface area contributed by atoms with E-state index in [1.165, 1.54) is 11.3 Å². The van der Waals surface area contributed by atoms with Crippen LogP contribution >= 0.6 is 22.9 Å². The standard InChI is InChI=1S/C19H18ClN3O2S/c20-14-3-5-16(6-4-14)22-7-9-23(10-8-22)18(24)12-15-13-26-19(21-15)17-2-1-11-25-17/h1-6,11,13H,7-10,12H2. The molecule has 1 aliphatic rings. The minimum Gasteiger partial charge on any atom is -0.462 e. The van der Waals surface area contributed by atoms with Gasteiger partial charge in [0.25, 0.3) is 0 Å². The predicted octanol–water partition coefficient (Wildman–Crippen LogP) is 3.95. The lowest BCUT2D eigenvalue weighted by molar-refractivity contribution is -0.130. The molecular formula is C19H18ClN3O2S. The van der Waals surface area contributed by atoms with Gasteiger partial charge in [0.15, 0.2) is 10.8 Å². The Labute approximate surface area is 160 Å². The summed E-state index contributed by atoms with van der Waals surface area (Å²) < 4.78 is 5.35. The maximum Gasteiger partial charge on any atom is 0.228 e. The van der Waals surface area contributed by atoms with Crippen LogP contribution in [-0.4, -0.2) is 42.0 Å². The molecule has 0 bridgehead atoms. The van der Waals surface area contributed by atoms with Gasteiger partial charge in [0.1, 0.15) is 0 Å². The first kappa shape index (κ1) is 17.1. The zero-order valence-electron chi connectivity index (χ0n) is 14.1. The molecule has 134 valence electrons. The molecule has 1 fully saturated rings. The van der Waals surface area contributed by atoms with E-state index in [2.05, 4.69) is 9.88 Å². The molecule has 1 saturated heterocycles. The lowest BCUT2D eigenvalue weighted by Crippen LogP contribution is -2.49. The van der Waals surface area contributed by atoms with E-state index in [0.717, 1.165) is 53.4 Å². The van der Waals surface area contributed by atoms with Crippen LogP contribution in [-0.2, 0) is 11.2 Å². The third-order valence-corrected chi connectivity index (χ3v) is 5.60. The number of carbonyl (C=O) groups excluding carboxylic acids is 1. The van der Waals surface area contributed by atoms with Crippen LogP contribution in [0.3, 0.4) is 0 Å². The highest BCUT2D eigenvalue weighted by molar-refractivity contribution is 7.13. The third-order valence-electron chi connectivity index (χ3n) is 4.44. The van der Waals surface area contributed by atoms with Gasteiger partial charge in [0.05, 0.1) is 18.4 Å². The number of hydrogen-bond acceptors (Lipinski definition) is 5. The van der Waals surface area contributed by atoms with Gasteiger partial charge in [-0.3, -0.25) is 4.79 Å². The van der Waals surface area contributed by atoms with E-state index < -0.39 is 0 Å². The molecule has 1 aromatic carbocycles. The lowest BCUT2D eigenvalue weighted by atomic mass is 10.2. The van der Waals surface area contributed by atoms with Gasteiger partial charge in [-0.2, -0.15) is 0 Å². The van der Waals surface area contributed by atoms with Gasteiger partial charge in [-0.1, -0.05) is 11.6 Å². The van der Waals surface area contributed by atoms with Crippen molar-refractivity contribution < 1.29 is 9.21 Å². The first-order chi connectivity index (χ1) is 12.7. The number of benzene rings is 1. The molecule has 0 unspecified atom stereocenters. The highest BCUT2D eigenvalue weighted by Crippen LogP contribution is 2.24. The Bertz CT molecular complexity index is 869. The van der Waals surface area contributed by atoms with Crippen LogP contribution in [0.1, 0.15) is 5.69 Å². The van der Waals surface area contributed by atoms with Crippen molar-refractivity contribution in [3.05, 3.63) is 58.8 Å². The predicted molar refractivity (Wildman–Crippen MR) is 104 cm³/mol. The minimum absolute atomic E-state index is 0.122. The molecule has 0 atom stereocenters. The smallest absolute Gasteiger partial charge is 0.228 e. The molecule has 3 heterocycles. The van der Waals surface area contributed by atoms with Crippen molar-refractivity contribution in [2.75, 3.05) is 31.1 Å². The molecule has 0 aliphatic carbocycles. The fourth-order valence-corrected chi connectivity index (χ4v) is 3.95. The summed E-state index contributed by atoms with van der Waals surface area (Å²) in [7, 11) is 0. The van der Waals surface area contributed by atoms with Crippen molar-refractivity contribution in [3.63, 3.8) is 0 Å². The second-order valence-corrected chi connectivity index (χ2v) is 7.44. The largest absolute Gasteiger partial charge is 0.462 e. The highest BCUT2D eigenvalue weighted by atomic mass is 35.5. The fraction of sp³-hybridized carbons (Fsp3) is 0.263. The number of nitrogens with zero attached hydrogens (tertiary/aromatic N) is 3. The number of piperazine rings is 1. The molecule has 1 amide bonds. The summed E-state index contributed by atoms with van der Waals surface area (Å²) in [5.41, 5.74) is 1.94. The van der Waals surface area contributed by atoms with Crippen LogP contribution in [0.25, 0.3) is 10.8 Å². The Morgan fingerprint density at radius 3 is 2.62 bits per heavy atom. The van der Waals surface area contributed by atoms with Crippen molar-refractivity contribution in [2.24, 2.45) is 0 Å². The van der Waals surface area contributed by atoms with Gasteiger partial charge in [0, 0.05) is 42.3 Å². The number of carbonyl (C=O) groups is 1. The Balaban J connectivity index is 1.33. The number of thiazole rings is 1. The van der Waals surface area contributed by atoms with E-state index in [1.54, 1.807) is 6.26 Å². The van der Waals surface area contributed by atoms with Gasteiger partial charge >= 0.3 is 0 Å². The summed E-state index contributed by atoms with van der Waals surface area (Å²) >= 11 is 7.44. The molecule has 0 N–H and O–H groups in total. The summed E-state index contributed by atoms with van der Waals surface area (Å²) in [5.74, 6) is 0.863. The fourth-order valence-electron chi connectivity index (χ4n) is 3.03. The van der Waals surface area contributed by atoms with Crippen LogP contribution in [0.15, 0.2) is 52.5 Å². The van der Waals surface area contributed by atoms with E-state index in [4.69, 9.17) is 16.0 Å². The molecule has 2 aromatic heterocycles. The average Bonchev–Trinajstić information content (AvgIpc) is 3.34. The normalized spacial score (nSPS) is 14.7. The Kier molecular flexibility index (Phi) is 4.95. The minimum atomic E-state index is 0.122. The van der Waals surface area contributed by atoms with E-state index >= 15 is 0 Å². The molecule has 3 aromatic rings. The van der Waals surface area contributed by atoms with Crippen LogP contribution < -0.4 is 4.90 Å². The molecular weight excluding hydrogens is 370 g/mol. The molecule has 7 heteroatoms. The van der Waals surface area contributed by atoms with Crippen LogP contribution in [0, 0.1) is 0 Å². The number of amides is 1. The van der Waals surface area contributed by atoms with E-state index in [9.17, 15) is 4.79 Å². The molecule has 26 heavy (non-hydrogen) atoms. The summed E-state index contributed by atoms with van der Waals surface area (Å²) in [6.07, 6.45) is 1.96. The maximum absolute atomic E-state index is 12.6. The second-order valence-electron chi connectivity index (χ2n) is 6.14. The van der Waals surface area contributed by atoms with E-state index in [1.807, 2.05) is 46.7 Å². The zero-order valence-corrected chi connectivity index (χ0v) is 15.7. The molecule has 1 aliphatic heterocycles. The van der Waals surface area contributed by atoms with Crippen molar-refractivity contribution in [1.82, 2.24) is 9.88 Å². The topological polar surface area (TPSA) is 49.6 Å². The van der Waals surface area contributed by atoms with Crippen molar-refractivity contribution in [3.8, 4) is 10.8 Å². The molecule has 4 rings (SSSR count). The number of aromatic nitrogens is 1. The van der Waals surface area contributed by atoms with Gasteiger partial charge in [-0.15, -0.1) is 11.3 Å². The SMILES string of the molecule is O=C(Cc1csc(-c2ccco2)n1)N1CCN(c2ccc(Cl)cc2)CC1. The first-order valence-electron chi connectivity index (χ1n) is 8.45. The first-order valence-corrected chi connectivity index (χ1v) is 9.71. The van der Waals surface area contributed by atoms with Gasteiger partial charge in [-0.25, -0.2) is 4.98 Å². The molecule has 0 radical (unpaired) electrons. The van der Waals surface area contributed by atoms with Gasteiger partial charge in [-0.05, 0) is 36.4 Å². The molecule has 0 saturated carbocycles. The Morgan fingerprint density at radius 1 is 1.15 bits per heavy atom.